The smallest absolute Gasteiger partial charge is 0.252 e. The normalized spacial score (nSPS) is 18.4. The number of anilines is 2. The third-order valence-electron chi connectivity index (χ3n) is 5.32. The highest BCUT2D eigenvalue weighted by atomic mass is 16.5. The molecule has 1 saturated heterocycles. The van der Waals surface area contributed by atoms with Crippen LogP contribution in [0.3, 0.4) is 0 Å². The van der Waals surface area contributed by atoms with Gasteiger partial charge in [-0.15, -0.1) is 0 Å². The van der Waals surface area contributed by atoms with Crippen LogP contribution in [0.4, 0.5) is 11.4 Å². The summed E-state index contributed by atoms with van der Waals surface area (Å²) in [5, 5.41) is 7.29. The Morgan fingerprint density at radius 2 is 1.72 bits per heavy atom. The van der Waals surface area contributed by atoms with Gasteiger partial charge in [0.2, 0.25) is 5.91 Å². The molecular formula is C24H27N5O3. The Kier molecular flexibility index (Phi) is 6.23. The zero-order valence-corrected chi connectivity index (χ0v) is 18.2. The summed E-state index contributed by atoms with van der Waals surface area (Å²) >= 11 is 0. The van der Waals surface area contributed by atoms with Crippen molar-refractivity contribution < 1.29 is 14.3 Å². The second-order valence-corrected chi connectivity index (χ2v) is 8.08. The molecule has 1 aliphatic rings. The lowest BCUT2D eigenvalue weighted by atomic mass is 10.1. The van der Waals surface area contributed by atoms with Crippen molar-refractivity contribution in [3.05, 3.63) is 66.4 Å². The monoisotopic (exact) mass is 433 g/mol. The Balaban J connectivity index is 1.42. The van der Waals surface area contributed by atoms with Gasteiger partial charge >= 0.3 is 0 Å². The summed E-state index contributed by atoms with van der Waals surface area (Å²) in [6.07, 6.45) is 1.87. The van der Waals surface area contributed by atoms with E-state index in [0.29, 0.717) is 11.4 Å². The van der Waals surface area contributed by atoms with Crippen molar-refractivity contribution in [2.24, 2.45) is 5.73 Å². The number of carbonyl (C=O) groups excluding carboxylic acids is 2. The fraction of sp³-hybridized carbons (Fsp3) is 0.292. The van der Waals surface area contributed by atoms with Crippen LogP contribution in [0.2, 0.25) is 0 Å². The molecule has 3 N–H and O–H groups in total. The molecule has 2 aromatic carbocycles. The van der Waals surface area contributed by atoms with E-state index < -0.39 is 5.91 Å². The number of nitrogens with zero attached hydrogens (tertiary/aromatic N) is 3. The van der Waals surface area contributed by atoms with Crippen LogP contribution in [0, 0.1) is 0 Å². The standard InChI is InChI=1S/C24H27N5O3/c1-16-12-28(13-17(2)32-16)20-10-8-19(9-11-20)26-22(30)15-29-14-21(24(25)31)23(27-29)18-6-4-3-5-7-18/h3-11,14,16-17H,12-13,15H2,1-2H3,(H2,25,31)(H,26,30). The predicted molar refractivity (Wildman–Crippen MR) is 123 cm³/mol. The molecule has 2 unspecified atom stereocenters. The van der Waals surface area contributed by atoms with Crippen molar-refractivity contribution in [1.29, 1.82) is 0 Å². The third kappa shape index (κ3) is 4.97. The number of hydrogen-bond acceptors (Lipinski definition) is 5. The summed E-state index contributed by atoms with van der Waals surface area (Å²) in [7, 11) is 0. The summed E-state index contributed by atoms with van der Waals surface area (Å²) in [5.74, 6) is -0.831. The molecule has 0 aliphatic carbocycles. The van der Waals surface area contributed by atoms with Crippen molar-refractivity contribution in [2.45, 2.75) is 32.6 Å². The molecule has 2 atom stereocenters. The number of amides is 2. The minimum atomic E-state index is -0.585. The fourth-order valence-corrected chi connectivity index (χ4v) is 3.98. The van der Waals surface area contributed by atoms with Crippen molar-refractivity contribution >= 4 is 23.2 Å². The van der Waals surface area contributed by atoms with Gasteiger partial charge in [0.05, 0.1) is 17.8 Å². The van der Waals surface area contributed by atoms with E-state index in [1.165, 1.54) is 10.9 Å². The lowest BCUT2D eigenvalue weighted by Crippen LogP contribution is -2.45. The fourth-order valence-electron chi connectivity index (χ4n) is 3.98. The maximum atomic E-state index is 12.6. The van der Waals surface area contributed by atoms with E-state index in [1.54, 1.807) is 0 Å². The Bertz CT molecular complexity index is 1080. The molecule has 0 bridgehead atoms. The molecule has 0 saturated carbocycles. The van der Waals surface area contributed by atoms with Crippen LogP contribution >= 0.6 is 0 Å². The molecular weight excluding hydrogens is 406 g/mol. The molecule has 4 rings (SSSR count). The van der Waals surface area contributed by atoms with Gasteiger partial charge in [0.25, 0.3) is 5.91 Å². The lowest BCUT2D eigenvalue weighted by molar-refractivity contribution is -0.116. The first-order chi connectivity index (χ1) is 15.4. The lowest BCUT2D eigenvalue weighted by Gasteiger charge is -2.36. The molecule has 1 fully saturated rings. The van der Waals surface area contributed by atoms with E-state index >= 15 is 0 Å². The number of hydrogen-bond donors (Lipinski definition) is 2. The number of aromatic nitrogens is 2. The second-order valence-electron chi connectivity index (χ2n) is 8.08. The number of carbonyl (C=O) groups is 2. The van der Waals surface area contributed by atoms with Gasteiger partial charge in [0.1, 0.15) is 12.2 Å². The quantitative estimate of drug-likeness (QED) is 0.622. The molecule has 2 heterocycles. The minimum absolute atomic E-state index is 0.0344. The predicted octanol–water partition coefficient (Wildman–Crippen LogP) is 2.90. The zero-order valence-electron chi connectivity index (χ0n) is 18.2. The molecule has 32 heavy (non-hydrogen) atoms. The summed E-state index contributed by atoms with van der Waals surface area (Å²) in [4.78, 5) is 26.7. The molecule has 8 nitrogen and oxygen atoms in total. The molecule has 0 spiro atoms. The van der Waals surface area contributed by atoms with E-state index in [-0.39, 0.29) is 30.2 Å². The molecule has 3 aromatic rings. The Morgan fingerprint density at radius 3 is 2.34 bits per heavy atom. The Labute approximate surface area is 187 Å². The first-order valence-corrected chi connectivity index (χ1v) is 10.6. The summed E-state index contributed by atoms with van der Waals surface area (Å²) in [6, 6.07) is 17.0. The van der Waals surface area contributed by atoms with Crippen molar-refractivity contribution in [3.8, 4) is 11.3 Å². The highest BCUT2D eigenvalue weighted by Crippen LogP contribution is 2.23. The van der Waals surface area contributed by atoms with Crippen LogP contribution in [0.25, 0.3) is 11.3 Å². The molecule has 1 aromatic heterocycles. The molecule has 2 amide bonds. The Hall–Kier alpha value is -3.65. The number of nitrogens with two attached hydrogens (primary N) is 1. The number of primary amides is 1. The number of benzene rings is 2. The van der Waals surface area contributed by atoms with Crippen LogP contribution in [0.5, 0.6) is 0 Å². The van der Waals surface area contributed by atoms with E-state index in [0.717, 1.165) is 24.3 Å². The van der Waals surface area contributed by atoms with Crippen LogP contribution in [0.1, 0.15) is 24.2 Å². The number of nitrogens with one attached hydrogen (secondary N) is 1. The SMILES string of the molecule is CC1CN(c2ccc(NC(=O)Cn3cc(C(N)=O)c(-c4ccccc4)n3)cc2)CC(C)O1. The van der Waals surface area contributed by atoms with Gasteiger partial charge in [-0.2, -0.15) is 5.10 Å². The Morgan fingerprint density at radius 1 is 1.06 bits per heavy atom. The van der Waals surface area contributed by atoms with Gasteiger partial charge in [-0.3, -0.25) is 14.3 Å². The average Bonchev–Trinajstić information content (AvgIpc) is 3.18. The van der Waals surface area contributed by atoms with Crippen molar-refractivity contribution in [2.75, 3.05) is 23.3 Å². The van der Waals surface area contributed by atoms with Crippen LogP contribution < -0.4 is 16.0 Å². The van der Waals surface area contributed by atoms with Crippen LogP contribution in [-0.4, -0.2) is 46.9 Å². The third-order valence-corrected chi connectivity index (χ3v) is 5.32. The van der Waals surface area contributed by atoms with Gasteiger partial charge in [-0.05, 0) is 38.1 Å². The highest BCUT2D eigenvalue weighted by Gasteiger charge is 2.22. The first-order valence-electron chi connectivity index (χ1n) is 10.6. The molecule has 0 radical (unpaired) electrons. The largest absolute Gasteiger partial charge is 0.372 e. The number of rotatable bonds is 6. The number of morpholine rings is 1. The average molecular weight is 434 g/mol. The maximum absolute atomic E-state index is 12.6. The van der Waals surface area contributed by atoms with Crippen molar-refractivity contribution in [1.82, 2.24) is 9.78 Å². The summed E-state index contributed by atoms with van der Waals surface area (Å²) in [6.45, 7) is 5.77. The van der Waals surface area contributed by atoms with E-state index in [1.807, 2.05) is 54.6 Å². The van der Waals surface area contributed by atoms with E-state index in [9.17, 15) is 9.59 Å². The molecule has 8 heteroatoms. The summed E-state index contributed by atoms with van der Waals surface area (Å²) in [5.41, 5.74) is 8.80. The van der Waals surface area contributed by atoms with Gasteiger partial charge in [-0.1, -0.05) is 30.3 Å². The van der Waals surface area contributed by atoms with E-state index in [4.69, 9.17) is 10.5 Å². The van der Waals surface area contributed by atoms with Gasteiger partial charge in [0.15, 0.2) is 0 Å². The van der Waals surface area contributed by atoms with Crippen molar-refractivity contribution in [3.63, 3.8) is 0 Å². The minimum Gasteiger partial charge on any atom is -0.372 e. The zero-order chi connectivity index (χ0) is 22.7. The highest BCUT2D eigenvalue weighted by molar-refractivity contribution is 5.99. The van der Waals surface area contributed by atoms with Gasteiger partial charge in [-0.25, -0.2) is 0 Å². The van der Waals surface area contributed by atoms with E-state index in [2.05, 4.69) is 29.2 Å². The molecule has 166 valence electrons. The van der Waals surface area contributed by atoms with Gasteiger partial charge < -0.3 is 20.7 Å². The second kappa shape index (κ2) is 9.23. The molecule has 1 aliphatic heterocycles. The number of ether oxygens (including phenoxy) is 1. The first kappa shape index (κ1) is 21.6. The summed E-state index contributed by atoms with van der Waals surface area (Å²) < 4.78 is 7.22. The van der Waals surface area contributed by atoms with Crippen LogP contribution in [-0.2, 0) is 16.1 Å². The van der Waals surface area contributed by atoms with Gasteiger partial charge in [0, 0.05) is 36.2 Å². The van der Waals surface area contributed by atoms with Crippen LogP contribution in [0.15, 0.2) is 60.8 Å². The topological polar surface area (TPSA) is 102 Å². The maximum Gasteiger partial charge on any atom is 0.252 e.